The Morgan fingerprint density at radius 2 is 1.03 bits per heavy atom. The Kier molecular flexibility index (Phi) is 8.26. The minimum absolute atomic E-state index is 0.252. The van der Waals surface area contributed by atoms with E-state index in [1.807, 2.05) is 0 Å². The van der Waals surface area contributed by atoms with Gasteiger partial charge in [0.25, 0.3) is 0 Å². The molecular weight excluding hydrogens is 542 g/mol. The van der Waals surface area contributed by atoms with Crippen LogP contribution in [0.15, 0.2) is 0 Å². The highest BCUT2D eigenvalue weighted by molar-refractivity contribution is 8.60. The third-order valence-electron chi connectivity index (χ3n) is 3.85. The summed E-state index contributed by atoms with van der Waals surface area (Å²) in [4.78, 5) is 0. The number of rotatable bonds is 9. The number of nitrogens with zero attached hydrogens (tertiary/aromatic N) is 4. The summed E-state index contributed by atoms with van der Waals surface area (Å²) in [6.07, 6.45) is -10.5. The van der Waals surface area contributed by atoms with Crippen molar-refractivity contribution in [2.24, 2.45) is 14.1 Å². The van der Waals surface area contributed by atoms with E-state index in [0.717, 1.165) is 14.1 Å². The van der Waals surface area contributed by atoms with Gasteiger partial charge in [0.15, 0.2) is 11.4 Å². The van der Waals surface area contributed by atoms with E-state index in [9.17, 15) is 52.3 Å². The molecule has 2 atom stereocenters. The van der Waals surface area contributed by atoms with Crippen LogP contribution in [0.1, 0.15) is 22.5 Å². The highest BCUT2D eigenvalue weighted by Gasteiger charge is 2.42. The van der Waals surface area contributed by atoms with Crippen molar-refractivity contribution >= 4 is 19.7 Å². The van der Waals surface area contributed by atoms with Gasteiger partial charge in [0.2, 0.25) is 11.8 Å². The second-order valence-electron chi connectivity index (χ2n) is 6.16. The average Bonchev–Trinajstić information content (AvgIpc) is 3.13. The fourth-order valence-corrected chi connectivity index (χ4v) is 5.40. The van der Waals surface area contributed by atoms with Gasteiger partial charge in [-0.15, -0.1) is 0 Å². The minimum atomic E-state index is -5.26. The molecule has 2 unspecified atom stereocenters. The molecular formula is C14H12F10N4O4S2. The van der Waals surface area contributed by atoms with Gasteiger partial charge in [-0.25, -0.2) is 17.8 Å². The van der Waals surface area contributed by atoms with Crippen molar-refractivity contribution in [2.75, 3.05) is 0 Å². The third kappa shape index (κ3) is 6.39. The molecule has 0 aliphatic heterocycles. The second kappa shape index (κ2) is 10.1. The smallest absolute Gasteiger partial charge is 0.417 e. The molecule has 34 heavy (non-hydrogen) atoms. The van der Waals surface area contributed by atoms with E-state index in [-0.39, 0.29) is 9.36 Å². The number of hydrogen-bond acceptors (Lipinski definition) is 6. The first kappa shape index (κ1) is 27.9. The van der Waals surface area contributed by atoms with E-state index < -0.39 is 91.0 Å². The van der Waals surface area contributed by atoms with Crippen molar-refractivity contribution in [3.63, 3.8) is 0 Å². The number of ether oxygens (including phenoxy) is 2. The predicted molar refractivity (Wildman–Crippen MR) is 93.4 cm³/mol. The molecule has 2 aromatic heterocycles. The lowest BCUT2D eigenvalue weighted by Gasteiger charge is -2.11. The maximum atomic E-state index is 13.2. The van der Waals surface area contributed by atoms with Gasteiger partial charge >= 0.3 is 25.6 Å². The maximum Gasteiger partial charge on any atom is 0.435 e. The monoisotopic (exact) mass is 554 g/mol. The molecule has 194 valence electrons. The molecule has 0 aliphatic carbocycles. The highest BCUT2D eigenvalue weighted by atomic mass is 33.1. The Balaban J connectivity index is 2.43. The molecule has 0 spiro atoms. The van der Waals surface area contributed by atoms with Gasteiger partial charge in [0, 0.05) is 14.1 Å². The van der Waals surface area contributed by atoms with Crippen molar-refractivity contribution in [1.29, 1.82) is 0 Å². The van der Waals surface area contributed by atoms with Crippen molar-refractivity contribution in [2.45, 2.75) is 37.1 Å². The Bertz CT molecular complexity index is 996. The largest absolute Gasteiger partial charge is 0.435 e. The van der Waals surface area contributed by atoms with E-state index in [0.29, 0.717) is 0 Å². The first-order valence-corrected chi connectivity index (χ1v) is 11.5. The number of alkyl halides is 10. The summed E-state index contributed by atoms with van der Waals surface area (Å²) in [5.74, 6) is -5.12. The summed E-state index contributed by atoms with van der Waals surface area (Å²) in [5, 5.41) is 5.92. The first-order chi connectivity index (χ1) is 15.4. The van der Waals surface area contributed by atoms with Crippen LogP contribution in [0.3, 0.4) is 0 Å². The summed E-state index contributed by atoms with van der Waals surface area (Å²) in [6.45, 7) is -7.26. The van der Waals surface area contributed by atoms with E-state index in [1.54, 1.807) is 0 Å². The maximum absolute atomic E-state index is 13.2. The third-order valence-corrected chi connectivity index (χ3v) is 7.26. The summed E-state index contributed by atoms with van der Waals surface area (Å²) in [6, 6.07) is 0. The quantitative estimate of drug-likeness (QED) is 0.349. The standard InChI is InChI=1S/C14H12F10N4O4S2/c1-27-9(31-11(15)16)5(7(25-27)13(19,20)21)3-33(29)34(30)4-6-8(14(22,23)24)26-28(2)10(6)32-12(17)18/h11-12H,3-4H2,1-2H3. The van der Waals surface area contributed by atoms with Crippen LogP contribution in [0.2, 0.25) is 0 Å². The first-order valence-electron chi connectivity index (χ1n) is 8.36. The Morgan fingerprint density at radius 3 is 1.26 bits per heavy atom. The fraction of sp³-hybridized carbons (Fsp3) is 0.571. The zero-order valence-corrected chi connectivity index (χ0v) is 18.2. The van der Waals surface area contributed by atoms with Gasteiger partial charge in [-0.05, 0) is 0 Å². The number of hydrogen-bond donors (Lipinski definition) is 0. The van der Waals surface area contributed by atoms with E-state index >= 15 is 0 Å². The highest BCUT2D eigenvalue weighted by Crippen LogP contribution is 2.39. The van der Waals surface area contributed by atoms with E-state index in [1.165, 1.54) is 0 Å². The van der Waals surface area contributed by atoms with Crippen LogP contribution in [0.4, 0.5) is 43.9 Å². The van der Waals surface area contributed by atoms with E-state index in [4.69, 9.17) is 0 Å². The molecule has 2 aromatic rings. The van der Waals surface area contributed by atoms with E-state index in [2.05, 4.69) is 19.7 Å². The second-order valence-corrected chi connectivity index (χ2v) is 10.2. The molecule has 0 aromatic carbocycles. The normalized spacial score (nSPS) is 14.6. The number of aryl methyl sites for hydroxylation is 2. The van der Waals surface area contributed by atoms with Crippen molar-refractivity contribution < 1.29 is 61.8 Å². The zero-order valence-electron chi connectivity index (χ0n) is 16.6. The van der Waals surface area contributed by atoms with Gasteiger partial charge in [0.1, 0.15) is 19.7 Å². The molecule has 0 fully saturated rings. The Morgan fingerprint density at radius 1 is 0.735 bits per heavy atom. The van der Waals surface area contributed by atoms with Crippen LogP contribution < -0.4 is 9.47 Å². The van der Waals surface area contributed by atoms with Crippen LogP contribution in [-0.2, 0) is 57.6 Å². The number of aromatic nitrogens is 4. The molecule has 2 rings (SSSR count). The lowest BCUT2D eigenvalue weighted by molar-refractivity contribution is -0.142. The Hall–Kier alpha value is -2.38. The Labute approximate surface area is 187 Å². The zero-order chi connectivity index (χ0) is 26.2. The topological polar surface area (TPSA) is 88.2 Å². The molecule has 0 saturated carbocycles. The van der Waals surface area contributed by atoms with Crippen molar-refractivity contribution in [3.05, 3.63) is 22.5 Å². The van der Waals surface area contributed by atoms with Gasteiger partial charge in [-0.3, -0.25) is 0 Å². The van der Waals surface area contributed by atoms with Crippen LogP contribution in [-0.4, -0.2) is 41.2 Å². The van der Waals surface area contributed by atoms with Crippen LogP contribution in [0.5, 0.6) is 11.8 Å². The molecule has 0 aliphatic rings. The fourth-order valence-electron chi connectivity index (χ4n) is 2.65. The van der Waals surface area contributed by atoms with Gasteiger partial charge in [-0.1, -0.05) is 0 Å². The molecule has 0 N–H and O–H groups in total. The van der Waals surface area contributed by atoms with Gasteiger partial charge in [-0.2, -0.15) is 54.1 Å². The van der Waals surface area contributed by atoms with Crippen LogP contribution >= 0.6 is 0 Å². The molecule has 0 bridgehead atoms. The molecule has 0 saturated heterocycles. The average molecular weight is 554 g/mol. The lowest BCUT2D eigenvalue weighted by Crippen LogP contribution is -2.15. The van der Waals surface area contributed by atoms with Crippen LogP contribution in [0, 0.1) is 0 Å². The van der Waals surface area contributed by atoms with Crippen molar-refractivity contribution in [3.8, 4) is 11.8 Å². The number of halogens is 10. The van der Waals surface area contributed by atoms with Gasteiger partial charge in [0.05, 0.1) is 22.6 Å². The predicted octanol–water partition coefficient (Wildman–Crippen LogP) is 3.51. The summed E-state index contributed by atoms with van der Waals surface area (Å²) in [5.41, 5.74) is -6.02. The SMILES string of the molecule is Cn1nc(C(F)(F)F)c(CS(=O)S(=O)Cc2c(C(F)(F)F)nn(C)c2OC(F)F)c1OC(F)F. The molecule has 0 amide bonds. The van der Waals surface area contributed by atoms with Crippen LogP contribution in [0.25, 0.3) is 0 Å². The molecule has 2 heterocycles. The van der Waals surface area contributed by atoms with Crippen molar-refractivity contribution in [1.82, 2.24) is 19.6 Å². The lowest BCUT2D eigenvalue weighted by atomic mass is 10.2. The molecule has 20 heteroatoms. The van der Waals surface area contributed by atoms with Gasteiger partial charge < -0.3 is 9.47 Å². The molecule has 8 nitrogen and oxygen atoms in total. The summed E-state index contributed by atoms with van der Waals surface area (Å²) >= 11 is 0. The minimum Gasteiger partial charge on any atom is -0.417 e. The molecule has 0 radical (unpaired) electrons. The summed E-state index contributed by atoms with van der Waals surface area (Å²) in [7, 11) is -4.37. The summed E-state index contributed by atoms with van der Waals surface area (Å²) < 4.78 is 163.